The molecule has 2 bridgehead atoms. The molecule has 1 aromatic rings. The Morgan fingerprint density at radius 1 is 1.12 bits per heavy atom. The van der Waals surface area contributed by atoms with Crippen LogP contribution >= 0.6 is 0 Å². The van der Waals surface area contributed by atoms with Crippen LogP contribution in [0.5, 0.6) is 0 Å². The molecule has 132 valence electrons. The zero-order valence-corrected chi connectivity index (χ0v) is 16.7. The molecular formula is C20H28INO2. The molecule has 1 atom stereocenters. The number of quaternary nitrogens is 1. The monoisotopic (exact) mass is 441 g/mol. The molecule has 0 aromatic heterocycles. The van der Waals surface area contributed by atoms with Gasteiger partial charge in [-0.15, -0.1) is 0 Å². The highest BCUT2D eigenvalue weighted by atomic mass is 127. The van der Waals surface area contributed by atoms with Crippen LogP contribution in [0.15, 0.2) is 30.3 Å². The van der Waals surface area contributed by atoms with E-state index in [0.29, 0.717) is 5.92 Å². The first-order valence-corrected chi connectivity index (χ1v) is 9.22. The maximum absolute atomic E-state index is 13.2. The van der Waals surface area contributed by atoms with Gasteiger partial charge in [0.2, 0.25) is 0 Å². The van der Waals surface area contributed by atoms with Gasteiger partial charge >= 0.3 is 5.97 Å². The van der Waals surface area contributed by atoms with Gasteiger partial charge in [0.25, 0.3) is 0 Å². The van der Waals surface area contributed by atoms with Crippen molar-refractivity contribution in [2.45, 2.75) is 50.0 Å². The van der Waals surface area contributed by atoms with Gasteiger partial charge in [-0.25, -0.2) is 0 Å². The Bertz CT molecular complexity index is 575. The van der Waals surface area contributed by atoms with Crippen LogP contribution in [0.3, 0.4) is 0 Å². The normalized spacial score (nSPS) is 33.7. The smallest absolute Gasteiger partial charge is 0.317 e. The van der Waals surface area contributed by atoms with E-state index < -0.39 is 0 Å². The van der Waals surface area contributed by atoms with Gasteiger partial charge in [0.05, 0.1) is 25.6 Å². The fourth-order valence-electron chi connectivity index (χ4n) is 5.08. The number of piperidine rings is 3. The van der Waals surface area contributed by atoms with Gasteiger partial charge < -0.3 is 33.2 Å². The second-order valence-corrected chi connectivity index (χ2v) is 8.19. The Balaban J connectivity index is 0.00000169. The lowest BCUT2D eigenvalue weighted by Gasteiger charge is -2.50. The largest absolute Gasteiger partial charge is 1.00 e. The summed E-state index contributed by atoms with van der Waals surface area (Å²) in [6, 6.07) is 10.3. The van der Waals surface area contributed by atoms with E-state index in [4.69, 9.17) is 4.74 Å². The minimum atomic E-state index is -0.383. The molecule has 1 saturated carbocycles. The molecule has 0 N–H and O–H groups in total. The van der Waals surface area contributed by atoms with Crippen molar-refractivity contribution < 1.29 is 38.0 Å². The van der Waals surface area contributed by atoms with Gasteiger partial charge in [0, 0.05) is 18.8 Å². The number of fused-ring (bicyclic) bond motifs is 3. The minimum Gasteiger partial charge on any atom is -1.00 e. The maximum Gasteiger partial charge on any atom is 0.317 e. The molecule has 4 aliphatic rings. The summed E-state index contributed by atoms with van der Waals surface area (Å²) in [4.78, 5) is 13.2. The number of halogens is 1. The fraction of sp³-hybridized carbons (Fsp3) is 0.650. The van der Waals surface area contributed by atoms with Crippen LogP contribution in [0.25, 0.3) is 0 Å². The van der Waals surface area contributed by atoms with Crippen LogP contribution in [-0.4, -0.2) is 43.2 Å². The third-order valence-corrected chi connectivity index (χ3v) is 6.66. The average molecular weight is 441 g/mol. The Labute approximate surface area is 162 Å². The molecule has 3 saturated heterocycles. The summed E-state index contributed by atoms with van der Waals surface area (Å²) in [7, 11) is 2.32. The predicted octanol–water partition coefficient (Wildman–Crippen LogP) is 0.284. The van der Waals surface area contributed by atoms with Gasteiger partial charge in [0.15, 0.2) is 6.10 Å². The van der Waals surface area contributed by atoms with Crippen molar-refractivity contribution in [2.75, 3.05) is 26.7 Å². The van der Waals surface area contributed by atoms with Crippen LogP contribution in [0, 0.1) is 5.92 Å². The standard InChI is InChI=1S/C20H28NO2.HI/c1-21-13-9-16(10-14-21)18(15-21)23-19(22)20(11-5-6-12-20)17-7-3-2-4-8-17;/h2-4,7-8,16,18H,5-6,9-15H2,1H3;1H/q+1;/p-1/t16?,18-,21?;/m0./s1. The maximum atomic E-state index is 13.2. The summed E-state index contributed by atoms with van der Waals surface area (Å²) < 4.78 is 7.27. The van der Waals surface area contributed by atoms with Crippen molar-refractivity contribution in [1.29, 1.82) is 0 Å². The molecule has 1 aromatic carbocycles. The molecular weight excluding hydrogens is 413 g/mol. The van der Waals surface area contributed by atoms with Crippen molar-refractivity contribution in [3.05, 3.63) is 35.9 Å². The second kappa shape index (κ2) is 6.94. The molecule has 0 amide bonds. The van der Waals surface area contributed by atoms with E-state index in [1.165, 1.54) is 25.9 Å². The van der Waals surface area contributed by atoms with Crippen molar-refractivity contribution in [3.63, 3.8) is 0 Å². The van der Waals surface area contributed by atoms with Crippen LogP contribution < -0.4 is 24.0 Å². The number of esters is 1. The molecule has 0 radical (unpaired) electrons. The van der Waals surface area contributed by atoms with E-state index in [1.54, 1.807) is 0 Å². The van der Waals surface area contributed by atoms with Crippen LogP contribution in [0.1, 0.15) is 44.1 Å². The molecule has 3 heterocycles. The summed E-state index contributed by atoms with van der Waals surface area (Å²) in [6.07, 6.45) is 6.71. The zero-order valence-electron chi connectivity index (χ0n) is 14.5. The number of hydrogen-bond acceptors (Lipinski definition) is 2. The SMILES string of the molecule is C[N+]12CCC(CC1)[C@@H](OC(=O)C1(c3ccccc3)CCCC1)C2.[I-]. The van der Waals surface area contributed by atoms with Crippen LogP contribution in [0.4, 0.5) is 0 Å². The lowest BCUT2D eigenvalue weighted by atomic mass is 9.78. The van der Waals surface area contributed by atoms with E-state index in [1.807, 2.05) is 18.2 Å². The number of rotatable bonds is 3. The Hall–Kier alpha value is -0.620. The van der Waals surface area contributed by atoms with E-state index >= 15 is 0 Å². The number of nitrogens with zero attached hydrogens (tertiary/aromatic N) is 1. The lowest BCUT2D eigenvalue weighted by Crippen LogP contribution is -3.00. The quantitative estimate of drug-likeness (QED) is 0.383. The molecule has 3 aliphatic heterocycles. The second-order valence-electron chi connectivity index (χ2n) is 8.19. The van der Waals surface area contributed by atoms with Crippen LogP contribution in [-0.2, 0) is 14.9 Å². The van der Waals surface area contributed by atoms with E-state index in [2.05, 4.69) is 19.2 Å². The van der Waals surface area contributed by atoms with Crippen molar-refractivity contribution in [3.8, 4) is 0 Å². The summed E-state index contributed by atoms with van der Waals surface area (Å²) in [5, 5.41) is 0. The van der Waals surface area contributed by atoms with Gasteiger partial charge in [0.1, 0.15) is 6.54 Å². The van der Waals surface area contributed by atoms with Crippen molar-refractivity contribution in [2.24, 2.45) is 5.92 Å². The van der Waals surface area contributed by atoms with Gasteiger partial charge in [-0.1, -0.05) is 43.2 Å². The van der Waals surface area contributed by atoms with Gasteiger partial charge in [-0.05, 0) is 18.4 Å². The third-order valence-electron chi connectivity index (χ3n) is 6.66. The molecule has 4 fully saturated rings. The van der Waals surface area contributed by atoms with Crippen molar-refractivity contribution >= 4 is 5.97 Å². The first-order chi connectivity index (χ1) is 11.1. The first kappa shape index (κ1) is 18.2. The van der Waals surface area contributed by atoms with E-state index in [9.17, 15) is 4.79 Å². The molecule has 0 spiro atoms. The number of likely N-dealkylation sites (N-methyl/N-ethyl adjacent to an activating group) is 1. The summed E-state index contributed by atoms with van der Waals surface area (Å²) in [5.41, 5.74) is 0.774. The Morgan fingerprint density at radius 2 is 1.75 bits per heavy atom. The molecule has 24 heavy (non-hydrogen) atoms. The molecule has 5 rings (SSSR count). The predicted molar refractivity (Wildman–Crippen MR) is 90.0 cm³/mol. The highest BCUT2D eigenvalue weighted by Crippen LogP contribution is 2.43. The number of ether oxygens (including phenoxy) is 1. The minimum absolute atomic E-state index is 0. The lowest BCUT2D eigenvalue weighted by molar-refractivity contribution is -0.928. The Morgan fingerprint density at radius 3 is 2.33 bits per heavy atom. The van der Waals surface area contributed by atoms with Gasteiger partial charge in [-0.2, -0.15) is 0 Å². The zero-order chi connectivity index (χ0) is 15.9. The molecule has 0 unspecified atom stereocenters. The molecule has 1 aliphatic carbocycles. The summed E-state index contributed by atoms with van der Waals surface area (Å²) >= 11 is 0. The van der Waals surface area contributed by atoms with Crippen LogP contribution in [0.2, 0.25) is 0 Å². The van der Waals surface area contributed by atoms with Gasteiger partial charge in [-0.3, -0.25) is 4.79 Å². The highest BCUT2D eigenvalue weighted by molar-refractivity contribution is 5.83. The van der Waals surface area contributed by atoms with E-state index in [0.717, 1.165) is 42.3 Å². The third kappa shape index (κ3) is 3.12. The van der Waals surface area contributed by atoms with E-state index in [-0.39, 0.29) is 41.5 Å². The fourth-order valence-corrected chi connectivity index (χ4v) is 5.08. The number of carbonyl (C=O) groups is 1. The summed E-state index contributed by atoms with van der Waals surface area (Å²) in [6.45, 7) is 3.52. The Kier molecular flexibility index (Phi) is 5.26. The highest BCUT2D eigenvalue weighted by Gasteiger charge is 2.49. The summed E-state index contributed by atoms with van der Waals surface area (Å²) in [5.74, 6) is 0.639. The number of carbonyl (C=O) groups excluding carboxylic acids is 1. The average Bonchev–Trinajstić information content (AvgIpc) is 3.07. The number of benzene rings is 1. The first-order valence-electron chi connectivity index (χ1n) is 9.22. The molecule has 3 nitrogen and oxygen atoms in total. The topological polar surface area (TPSA) is 26.3 Å². The molecule has 4 heteroatoms. The van der Waals surface area contributed by atoms with Crippen molar-refractivity contribution in [1.82, 2.24) is 0 Å². The number of hydrogen-bond donors (Lipinski definition) is 0.